The summed E-state index contributed by atoms with van der Waals surface area (Å²) in [6, 6.07) is 30.2. The molecule has 1 N–H and O–H groups in total. The number of rotatable bonds is 12. The second-order valence-corrected chi connectivity index (χ2v) is 16.8. The number of hydrogen-bond donors (Lipinski definition) is 1. The molecule has 5 aromatic rings. The van der Waals surface area contributed by atoms with Gasteiger partial charge >= 0.3 is 12.1 Å². The number of fused-ring (bicyclic) bond motifs is 4. The number of nitrogens with zero attached hydrogens (tertiary/aromatic N) is 3. The first-order valence-electron chi connectivity index (χ1n) is 19.6. The van der Waals surface area contributed by atoms with Gasteiger partial charge in [0, 0.05) is 24.5 Å². The molecule has 1 fully saturated rings. The number of thiocarbonyl (C=S) groups is 1. The first kappa shape index (κ1) is 42.0. The summed E-state index contributed by atoms with van der Waals surface area (Å²) in [4.78, 5) is 58.4. The lowest BCUT2D eigenvalue weighted by Gasteiger charge is -2.21. The van der Waals surface area contributed by atoms with Gasteiger partial charge in [0.2, 0.25) is 0 Å². The van der Waals surface area contributed by atoms with E-state index >= 15 is 0 Å². The molecule has 0 unspecified atom stereocenters. The third kappa shape index (κ3) is 8.76. The van der Waals surface area contributed by atoms with E-state index in [2.05, 4.69) is 103 Å². The van der Waals surface area contributed by atoms with Gasteiger partial charge in [-0.2, -0.15) is 9.59 Å². The molecule has 10 nitrogen and oxygen atoms in total. The standard InChI is InChI=1S/C46H41N3O5S3.CO2/c1-3-5-8-24-54-33-18-14-30(15-19-33)26-37-35-12-7-6-11-34(35)36-20-17-32(27-38(36)37)48-23-22-31-25-29(16-21-39(31)48)10-9-13-40-43(52)49(28-41(50)51)45(56-40)42-44(53)47(4-2)46(55)57-42;2-1-3/h6-7,9-21,25-27H,3-5,8,22-24,28H2,1-2H3,(H,50,51);/b10-9?,37-26+,40-13?,45-42+;. The van der Waals surface area contributed by atoms with Crippen molar-refractivity contribution in [1.82, 2.24) is 9.47 Å². The SMILES string of the molecule is CCCCCOc1ccc(/C=C2\c3ccccc3-c3ccc(N4CCc5cc(C=CC=c6s/c(=C7/SC(=S)N(CC)C7=O)n(CC(=O)O)c6=O)ccc54)cc32)cc1.O=C=O. The fourth-order valence-corrected chi connectivity index (χ4v) is 10.2. The van der Waals surface area contributed by atoms with Crippen molar-refractivity contribution in [3.05, 3.63) is 138 Å². The van der Waals surface area contributed by atoms with Crippen molar-refractivity contribution in [1.29, 1.82) is 0 Å². The van der Waals surface area contributed by atoms with E-state index in [1.807, 2.05) is 13.0 Å². The van der Waals surface area contributed by atoms with Crippen LogP contribution in [0.3, 0.4) is 0 Å². The topological polar surface area (TPSA) is 126 Å². The number of aliphatic carboxylic acids is 1. The molecule has 0 radical (unpaired) electrons. The minimum Gasteiger partial charge on any atom is -0.494 e. The Kier molecular flexibility index (Phi) is 13.2. The second kappa shape index (κ2) is 18.9. The Morgan fingerprint density at radius 1 is 0.917 bits per heavy atom. The normalized spacial score (nSPS) is 15.9. The number of carboxylic acids is 1. The van der Waals surface area contributed by atoms with Crippen LogP contribution < -0.4 is 24.4 Å². The minimum atomic E-state index is -1.16. The lowest BCUT2D eigenvalue weighted by molar-refractivity contribution is -0.191. The Labute approximate surface area is 360 Å². The predicted octanol–water partition coefficient (Wildman–Crippen LogP) is 7.73. The predicted molar refractivity (Wildman–Crippen MR) is 242 cm³/mol. The lowest BCUT2D eigenvalue weighted by atomic mass is 10.0. The van der Waals surface area contributed by atoms with Gasteiger partial charge in [0.1, 0.15) is 26.2 Å². The Morgan fingerprint density at radius 3 is 2.37 bits per heavy atom. The zero-order chi connectivity index (χ0) is 42.3. The molecule has 2 aliphatic heterocycles. The highest BCUT2D eigenvalue weighted by atomic mass is 32.2. The maximum Gasteiger partial charge on any atom is 0.373 e. The van der Waals surface area contributed by atoms with Gasteiger partial charge in [-0.1, -0.05) is 104 Å². The summed E-state index contributed by atoms with van der Waals surface area (Å²) in [7, 11) is 0. The molecule has 0 saturated carbocycles. The summed E-state index contributed by atoms with van der Waals surface area (Å²) < 4.78 is 8.16. The maximum absolute atomic E-state index is 13.3. The van der Waals surface area contributed by atoms with Crippen LogP contribution in [0.15, 0.2) is 95.8 Å². The number of ether oxygens (including phenoxy) is 1. The summed E-state index contributed by atoms with van der Waals surface area (Å²) >= 11 is 7.56. The number of aromatic nitrogens is 1. The quantitative estimate of drug-likeness (QED) is 0.0966. The number of thioether (sulfide) groups is 1. The molecule has 1 aromatic heterocycles. The van der Waals surface area contributed by atoms with Crippen LogP contribution >= 0.6 is 35.3 Å². The lowest BCUT2D eigenvalue weighted by Crippen LogP contribution is -2.35. The molecular weight excluding hydrogens is 815 g/mol. The summed E-state index contributed by atoms with van der Waals surface area (Å²) in [6.07, 6.45) is 12.3. The molecule has 4 aromatic carbocycles. The van der Waals surface area contributed by atoms with Crippen LogP contribution in [0.2, 0.25) is 0 Å². The van der Waals surface area contributed by atoms with Gasteiger partial charge < -0.3 is 14.7 Å². The van der Waals surface area contributed by atoms with Gasteiger partial charge in [0.05, 0.1) is 11.1 Å². The molecule has 1 aliphatic carbocycles. The zero-order valence-electron chi connectivity index (χ0n) is 33.0. The summed E-state index contributed by atoms with van der Waals surface area (Å²) in [5, 5.41) is 9.53. The second-order valence-electron chi connectivity index (χ2n) is 14.2. The first-order chi connectivity index (χ1) is 29.1. The van der Waals surface area contributed by atoms with Crippen LogP contribution in [0.1, 0.15) is 60.9 Å². The number of carboxylic acid groups (broad SMARTS) is 1. The van der Waals surface area contributed by atoms with Crippen molar-refractivity contribution in [2.45, 2.75) is 46.1 Å². The molecule has 3 aliphatic rings. The Balaban J connectivity index is 0.00000176. The third-order valence-electron chi connectivity index (χ3n) is 10.4. The number of unbranched alkanes of at least 4 members (excludes halogenated alkanes) is 2. The first-order valence-corrected chi connectivity index (χ1v) is 21.7. The van der Waals surface area contributed by atoms with E-state index in [1.165, 1.54) is 56.8 Å². The van der Waals surface area contributed by atoms with Crippen molar-refractivity contribution < 1.29 is 29.0 Å². The Bertz CT molecular complexity index is 2780. The highest BCUT2D eigenvalue weighted by Crippen LogP contribution is 2.47. The number of anilines is 2. The number of benzene rings is 4. The molecule has 0 bridgehead atoms. The van der Waals surface area contributed by atoms with Crippen molar-refractivity contribution in [3.63, 3.8) is 0 Å². The van der Waals surface area contributed by atoms with Gasteiger partial charge in [-0.3, -0.25) is 23.9 Å². The smallest absolute Gasteiger partial charge is 0.373 e. The van der Waals surface area contributed by atoms with E-state index in [4.69, 9.17) is 26.5 Å². The summed E-state index contributed by atoms with van der Waals surface area (Å²) in [6.45, 7) is 5.47. The van der Waals surface area contributed by atoms with Gasteiger partial charge in [0.15, 0.2) is 0 Å². The molecule has 13 heteroatoms. The van der Waals surface area contributed by atoms with Crippen molar-refractivity contribution in [2.24, 2.45) is 0 Å². The van der Waals surface area contributed by atoms with Crippen molar-refractivity contribution in [2.75, 3.05) is 24.6 Å². The molecule has 304 valence electrons. The highest BCUT2D eigenvalue weighted by molar-refractivity contribution is 8.30. The van der Waals surface area contributed by atoms with Crippen LogP contribution in [-0.4, -0.2) is 56.6 Å². The molecule has 1 amide bonds. The molecule has 60 heavy (non-hydrogen) atoms. The number of carbonyl (C=O) groups is 2. The third-order valence-corrected chi connectivity index (χ3v) is 13.1. The van der Waals surface area contributed by atoms with Crippen LogP contribution in [0.4, 0.5) is 11.4 Å². The number of allylic oxidation sites excluding steroid dienone is 1. The molecule has 1 saturated heterocycles. The maximum atomic E-state index is 13.3. The molecule has 3 heterocycles. The molecule has 8 rings (SSSR count). The Hall–Kier alpha value is -6.11. The van der Waals surface area contributed by atoms with Crippen LogP contribution in [0.25, 0.3) is 39.8 Å². The number of amides is 1. The fraction of sp³-hybridized carbons (Fsp3) is 0.213. The van der Waals surface area contributed by atoms with Crippen LogP contribution in [-0.2, 0) is 32.1 Å². The van der Waals surface area contributed by atoms with Gasteiger partial charge in [-0.15, -0.1) is 11.3 Å². The zero-order valence-corrected chi connectivity index (χ0v) is 35.5. The van der Waals surface area contributed by atoms with E-state index in [0.29, 0.717) is 20.1 Å². The molecule has 0 spiro atoms. The van der Waals surface area contributed by atoms with E-state index in [9.17, 15) is 19.5 Å². The van der Waals surface area contributed by atoms with E-state index < -0.39 is 18.1 Å². The molecule has 0 atom stereocenters. The average Bonchev–Trinajstić information content (AvgIpc) is 3.97. The monoisotopic (exact) mass is 855 g/mol. The number of hydrogen-bond acceptors (Lipinski definition) is 10. The fourth-order valence-electron chi connectivity index (χ4n) is 7.60. The van der Waals surface area contributed by atoms with Gasteiger partial charge in [0.25, 0.3) is 11.5 Å². The van der Waals surface area contributed by atoms with Crippen molar-refractivity contribution in [3.8, 4) is 16.9 Å². The number of thiazole rings is 1. The van der Waals surface area contributed by atoms with E-state index in [0.717, 1.165) is 76.2 Å². The van der Waals surface area contributed by atoms with Crippen LogP contribution in [0, 0.1) is 0 Å². The van der Waals surface area contributed by atoms with Gasteiger partial charge in [-0.05, 0) is 113 Å². The minimum absolute atomic E-state index is 0.250. The largest absolute Gasteiger partial charge is 0.494 e. The van der Waals surface area contributed by atoms with E-state index in [-0.39, 0.29) is 17.0 Å². The summed E-state index contributed by atoms with van der Waals surface area (Å²) in [5.74, 6) is -0.575. The number of carbonyl (C=O) groups excluding carboxylic acids is 3. The average molecular weight is 856 g/mol. The highest BCUT2D eigenvalue weighted by Gasteiger charge is 2.33. The Morgan fingerprint density at radius 2 is 1.65 bits per heavy atom. The molecular formula is C47H41N3O7S3. The van der Waals surface area contributed by atoms with Crippen LogP contribution in [0.5, 0.6) is 5.75 Å². The summed E-state index contributed by atoms with van der Waals surface area (Å²) in [5.41, 5.74) is 11.3. The van der Waals surface area contributed by atoms with Crippen molar-refractivity contribution >= 4 is 97.7 Å². The van der Waals surface area contributed by atoms with E-state index in [1.54, 1.807) is 12.2 Å². The van der Waals surface area contributed by atoms with Gasteiger partial charge in [-0.25, -0.2) is 0 Å².